The van der Waals surface area contributed by atoms with E-state index in [0.717, 1.165) is 49.4 Å². The number of nitrogens with zero attached hydrogens (tertiary/aromatic N) is 7. The number of fused-ring (bicyclic) bond motifs is 3. The summed E-state index contributed by atoms with van der Waals surface area (Å²) in [5.74, 6) is -0.405. The fraction of sp³-hybridized carbons (Fsp3) is 0.355. The van der Waals surface area contributed by atoms with Crippen LogP contribution in [0, 0.1) is 0 Å². The smallest absolute Gasteiger partial charge is 0.257 e. The predicted molar refractivity (Wildman–Crippen MR) is 173 cm³/mol. The summed E-state index contributed by atoms with van der Waals surface area (Å²) in [6.07, 6.45) is 4.55. The van der Waals surface area contributed by atoms with Gasteiger partial charge in [-0.15, -0.1) is 11.3 Å². The molecule has 0 aliphatic carbocycles. The second-order valence-corrected chi connectivity index (χ2v) is 13.6. The van der Waals surface area contributed by atoms with Crippen LogP contribution in [0.1, 0.15) is 23.9 Å². The molecule has 4 atom stereocenters. The van der Waals surface area contributed by atoms with E-state index in [1.807, 2.05) is 18.2 Å². The molecular weight excluding hydrogens is 638 g/mol. The van der Waals surface area contributed by atoms with Crippen molar-refractivity contribution in [1.29, 1.82) is 0 Å². The minimum absolute atomic E-state index is 0.164. The van der Waals surface area contributed by atoms with Crippen molar-refractivity contribution < 1.29 is 14.3 Å². The van der Waals surface area contributed by atoms with Crippen molar-refractivity contribution >= 4 is 62.2 Å². The number of piperazine rings is 1. The van der Waals surface area contributed by atoms with Gasteiger partial charge < -0.3 is 14.6 Å². The van der Waals surface area contributed by atoms with Gasteiger partial charge in [-0.1, -0.05) is 35.3 Å². The Hall–Kier alpha value is -3.55. The van der Waals surface area contributed by atoms with Gasteiger partial charge in [0, 0.05) is 78.7 Å². The molecule has 10 nitrogen and oxygen atoms in total. The number of nitrogens with one attached hydrogen (secondary N) is 1. The van der Waals surface area contributed by atoms with Crippen molar-refractivity contribution in [3.8, 4) is 11.1 Å². The first-order valence-electron chi connectivity index (χ1n) is 14.8. The van der Waals surface area contributed by atoms with Gasteiger partial charge in [0.25, 0.3) is 5.91 Å². The van der Waals surface area contributed by atoms with Crippen molar-refractivity contribution in [3.63, 3.8) is 0 Å². The van der Waals surface area contributed by atoms with Crippen LogP contribution < -0.4 is 10.2 Å². The molecule has 2 N–H and O–H groups in total. The van der Waals surface area contributed by atoms with Crippen LogP contribution in [0.15, 0.2) is 54.4 Å². The number of aliphatic hydroxyl groups excluding tert-OH is 1. The van der Waals surface area contributed by atoms with Gasteiger partial charge >= 0.3 is 0 Å². The van der Waals surface area contributed by atoms with E-state index in [1.54, 1.807) is 28.7 Å². The first-order valence-corrected chi connectivity index (χ1v) is 16.5. The van der Waals surface area contributed by atoms with Crippen molar-refractivity contribution in [2.75, 3.05) is 36.4 Å². The molecule has 3 aliphatic heterocycles. The molecule has 232 valence electrons. The largest absolute Gasteiger partial charge is 0.392 e. The first-order chi connectivity index (χ1) is 21.8. The Kier molecular flexibility index (Phi) is 7.29. The summed E-state index contributed by atoms with van der Waals surface area (Å²) in [6.45, 7) is 3.68. The summed E-state index contributed by atoms with van der Waals surface area (Å²) >= 11 is 15.1. The Morgan fingerprint density at radius 1 is 1.13 bits per heavy atom. The Balaban J connectivity index is 1.13. The summed E-state index contributed by atoms with van der Waals surface area (Å²) in [7, 11) is 0. The third kappa shape index (κ3) is 5.18. The maximum atomic E-state index is 14.3. The summed E-state index contributed by atoms with van der Waals surface area (Å²) in [5, 5.41) is 21.3. The molecule has 2 aromatic carbocycles. The number of hydrogen-bond donors (Lipinski definition) is 2. The van der Waals surface area contributed by atoms with E-state index in [0.29, 0.717) is 43.5 Å². The number of carbonyl (C=O) groups excluding carboxylic acids is 1. The number of aliphatic hydroxyl groups is 1. The second kappa shape index (κ2) is 11.4. The molecule has 5 aromatic rings. The summed E-state index contributed by atoms with van der Waals surface area (Å²) in [4.78, 5) is 27.2. The predicted octanol–water partition coefficient (Wildman–Crippen LogP) is 5.04. The van der Waals surface area contributed by atoms with Crippen LogP contribution in [0.4, 0.5) is 15.2 Å². The number of thiazole rings is 1. The minimum Gasteiger partial charge on any atom is -0.392 e. The minimum atomic E-state index is -1.04. The highest BCUT2D eigenvalue weighted by Crippen LogP contribution is 2.40. The van der Waals surface area contributed by atoms with Crippen molar-refractivity contribution in [2.24, 2.45) is 0 Å². The van der Waals surface area contributed by atoms with Gasteiger partial charge in [0.15, 0.2) is 11.2 Å². The van der Waals surface area contributed by atoms with E-state index in [-0.39, 0.29) is 19.1 Å². The Labute approximate surface area is 272 Å². The highest BCUT2D eigenvalue weighted by Gasteiger charge is 2.36. The molecular formula is C31H29Cl2FN8O2S. The highest BCUT2D eigenvalue weighted by molar-refractivity contribution is 7.13. The Morgan fingerprint density at radius 2 is 1.98 bits per heavy atom. The Bertz CT molecular complexity index is 1900. The molecule has 0 saturated carbocycles. The van der Waals surface area contributed by atoms with Gasteiger partial charge in [-0.25, -0.2) is 14.4 Å². The number of anilines is 2. The van der Waals surface area contributed by atoms with Crippen LogP contribution in [0.2, 0.25) is 10.0 Å². The van der Waals surface area contributed by atoms with Gasteiger partial charge in [0.2, 0.25) is 0 Å². The van der Waals surface area contributed by atoms with Gasteiger partial charge in [-0.3, -0.25) is 19.7 Å². The van der Waals surface area contributed by atoms with E-state index in [4.69, 9.17) is 28.3 Å². The van der Waals surface area contributed by atoms with Crippen LogP contribution in [-0.2, 0) is 17.8 Å². The molecule has 1 amide bonds. The standard InChI is InChI=1S/C31H29Cl2FN8O2S/c32-24-11-22(17-1-3-19(4-2-17)39-6-7-40-14-21(43)10-20(40)13-39)26(33)27-23(24)15-42(38-27)29(30(44)37-31-35-5-8-45-31)28-25-9-18(34)12-41(25)16-36-28/h1-5,8,11,15-16,18,20-21,29,43H,6-7,9-10,12-14H2,(H,35,37,44)/t18-,20+,21-,29?/m1/s1. The van der Waals surface area contributed by atoms with Crippen LogP contribution in [0.3, 0.4) is 0 Å². The number of alkyl halides is 1. The average Bonchev–Trinajstić information content (AvgIpc) is 3.85. The normalized spacial score (nSPS) is 22.1. The van der Waals surface area contributed by atoms with E-state index in [9.17, 15) is 14.3 Å². The fourth-order valence-electron chi connectivity index (χ4n) is 6.92. The molecule has 1 unspecified atom stereocenters. The van der Waals surface area contributed by atoms with E-state index < -0.39 is 18.1 Å². The average molecular weight is 668 g/mol. The van der Waals surface area contributed by atoms with Gasteiger partial charge in [-0.2, -0.15) is 5.10 Å². The number of rotatable bonds is 6. The monoisotopic (exact) mass is 666 g/mol. The molecule has 3 aliphatic rings. The lowest BCUT2D eigenvalue weighted by molar-refractivity contribution is -0.118. The summed E-state index contributed by atoms with van der Waals surface area (Å²) in [6, 6.07) is 9.40. The zero-order valence-electron chi connectivity index (χ0n) is 24.0. The quantitative estimate of drug-likeness (QED) is 0.262. The maximum Gasteiger partial charge on any atom is 0.257 e. The third-order valence-corrected chi connectivity index (χ3v) is 10.4. The zero-order chi connectivity index (χ0) is 30.8. The van der Waals surface area contributed by atoms with E-state index in [2.05, 4.69) is 37.2 Å². The van der Waals surface area contributed by atoms with Crippen LogP contribution in [0.5, 0.6) is 0 Å². The van der Waals surface area contributed by atoms with Crippen molar-refractivity contribution in [1.82, 2.24) is 29.2 Å². The summed E-state index contributed by atoms with van der Waals surface area (Å²) in [5.41, 5.74) is 4.26. The fourth-order valence-corrected chi connectivity index (χ4v) is 8.00. The number of hydrogen-bond acceptors (Lipinski definition) is 8. The number of carbonyl (C=O) groups is 1. The molecule has 0 spiro atoms. The SMILES string of the molecule is O=C(Nc1nccs1)C(c1ncn2c1C[C@@H](F)C2)n1cc2c(Cl)cc(-c3ccc(N4CCN5C[C@H](O)C[C@H]5C4)cc3)c(Cl)c2n1. The van der Waals surface area contributed by atoms with Crippen molar-refractivity contribution in [3.05, 3.63) is 75.9 Å². The number of amides is 1. The molecule has 14 heteroatoms. The topological polar surface area (TPSA) is 104 Å². The molecule has 0 bridgehead atoms. The van der Waals surface area contributed by atoms with E-state index >= 15 is 0 Å². The number of imidazole rings is 1. The van der Waals surface area contributed by atoms with Crippen LogP contribution in [-0.4, -0.2) is 84.7 Å². The molecule has 8 rings (SSSR count). The molecule has 3 aromatic heterocycles. The lowest BCUT2D eigenvalue weighted by atomic mass is 10.0. The lowest BCUT2D eigenvalue weighted by Gasteiger charge is -2.38. The number of aromatic nitrogens is 5. The van der Waals surface area contributed by atoms with Crippen molar-refractivity contribution in [2.45, 2.75) is 43.7 Å². The lowest BCUT2D eigenvalue weighted by Crippen LogP contribution is -2.50. The molecule has 2 fully saturated rings. The van der Waals surface area contributed by atoms with Crippen LogP contribution >= 0.6 is 34.5 Å². The molecule has 6 heterocycles. The molecule has 0 radical (unpaired) electrons. The van der Waals surface area contributed by atoms with Crippen LogP contribution in [0.25, 0.3) is 22.0 Å². The van der Waals surface area contributed by atoms with Gasteiger partial charge in [-0.05, 0) is 30.2 Å². The Morgan fingerprint density at radius 3 is 2.78 bits per heavy atom. The molecule has 2 saturated heterocycles. The third-order valence-electron chi connectivity index (χ3n) is 9.06. The first kappa shape index (κ1) is 28.9. The van der Waals surface area contributed by atoms with E-state index in [1.165, 1.54) is 16.0 Å². The van der Waals surface area contributed by atoms with Gasteiger partial charge in [0.05, 0.1) is 34.7 Å². The zero-order valence-corrected chi connectivity index (χ0v) is 26.3. The van der Waals surface area contributed by atoms with Gasteiger partial charge in [0.1, 0.15) is 11.7 Å². The number of halogens is 3. The summed E-state index contributed by atoms with van der Waals surface area (Å²) < 4.78 is 17.6. The highest BCUT2D eigenvalue weighted by atomic mass is 35.5. The number of benzene rings is 2. The molecule has 45 heavy (non-hydrogen) atoms. The maximum absolute atomic E-state index is 14.3. The second-order valence-electron chi connectivity index (χ2n) is 11.9.